The molecule has 21 heteroatoms. The minimum Gasteiger partial charge on any atom is -0.379 e. The lowest BCUT2D eigenvalue weighted by Gasteiger charge is -2.35. The van der Waals surface area contributed by atoms with Crippen molar-refractivity contribution in [1.29, 1.82) is 0 Å². The highest BCUT2D eigenvalue weighted by Gasteiger charge is 2.22. The topological polar surface area (TPSA) is 203 Å². The Kier molecular flexibility index (Phi) is 17.0. The first kappa shape index (κ1) is 49.4. The molecule has 0 spiro atoms. The van der Waals surface area contributed by atoms with Crippen molar-refractivity contribution in [2.45, 2.75) is 47.1 Å². The van der Waals surface area contributed by atoms with Crippen LogP contribution in [0.5, 0.6) is 0 Å². The van der Waals surface area contributed by atoms with E-state index in [1.54, 1.807) is 42.6 Å². The monoisotopic (exact) mass is 954 g/mol. The number of nitrogens with zero attached hydrogens (tertiary/aromatic N) is 8. The standard InChI is InChI=1S/C47H56F2N12O6S/c1-29(2)61-32(5)54-44-36(48)24-33(25-39(44)61)43-37(49)27-52-46(57-43)56-40-11-10-34(26-51-40)60-16-14-59(15-17-60)28-42(63)50-13-19-66-21-23-67-22-20-65-18-12-41(62)55-38-9-7-6-8-35(38)45(64)58-47-53-30(3)31(4)68-47/h6-11,24-27,29H,12-23,28H2,1-5H3,(H,50,63)(H,55,62)(H,53,58,64)(H,51,52,56,57). The van der Waals surface area contributed by atoms with Gasteiger partial charge >= 0.3 is 0 Å². The minimum atomic E-state index is -0.685. The summed E-state index contributed by atoms with van der Waals surface area (Å²) in [6.07, 6.45) is 2.89. The van der Waals surface area contributed by atoms with Gasteiger partial charge < -0.3 is 39.6 Å². The van der Waals surface area contributed by atoms with Crippen molar-refractivity contribution in [2.75, 3.05) is 99.8 Å². The molecule has 1 aliphatic heterocycles. The normalized spacial score (nSPS) is 13.0. The zero-order valence-electron chi connectivity index (χ0n) is 38.7. The van der Waals surface area contributed by atoms with Gasteiger partial charge in [-0.1, -0.05) is 12.1 Å². The second-order valence-corrected chi connectivity index (χ2v) is 17.5. The number of thiazole rings is 1. The number of piperazine rings is 1. The predicted molar refractivity (Wildman–Crippen MR) is 257 cm³/mol. The van der Waals surface area contributed by atoms with Crippen molar-refractivity contribution in [3.05, 3.63) is 94.5 Å². The summed E-state index contributed by atoms with van der Waals surface area (Å²) in [7, 11) is 0. The van der Waals surface area contributed by atoms with E-state index in [9.17, 15) is 14.4 Å². The van der Waals surface area contributed by atoms with Crippen LogP contribution in [0.3, 0.4) is 0 Å². The zero-order chi connectivity index (χ0) is 48.2. The van der Waals surface area contributed by atoms with Crippen LogP contribution >= 0.6 is 11.3 Å². The molecule has 2 aromatic carbocycles. The number of halogens is 2. The zero-order valence-corrected chi connectivity index (χ0v) is 39.6. The van der Waals surface area contributed by atoms with Gasteiger partial charge in [0.05, 0.1) is 93.1 Å². The molecule has 0 atom stereocenters. The minimum absolute atomic E-state index is 0.0256. The first-order valence-electron chi connectivity index (χ1n) is 22.4. The molecule has 1 saturated heterocycles. The number of amides is 3. The molecule has 68 heavy (non-hydrogen) atoms. The highest BCUT2D eigenvalue weighted by Crippen LogP contribution is 2.31. The molecule has 1 aliphatic rings. The van der Waals surface area contributed by atoms with Crippen LogP contribution in [0.4, 0.5) is 37.1 Å². The van der Waals surface area contributed by atoms with E-state index in [2.05, 4.69) is 56.0 Å². The number of fused-ring (bicyclic) bond motifs is 1. The molecule has 18 nitrogen and oxygen atoms in total. The number of carbonyl (C=O) groups is 3. The Morgan fingerprint density at radius 3 is 2.24 bits per heavy atom. The number of nitrogens with one attached hydrogen (secondary N) is 4. The lowest BCUT2D eigenvalue weighted by Crippen LogP contribution is -2.49. The van der Waals surface area contributed by atoms with Crippen molar-refractivity contribution in [2.24, 2.45) is 0 Å². The van der Waals surface area contributed by atoms with Crippen molar-refractivity contribution < 1.29 is 37.4 Å². The molecule has 4 N–H and O–H groups in total. The van der Waals surface area contributed by atoms with Crippen LogP contribution in [0.25, 0.3) is 22.3 Å². The van der Waals surface area contributed by atoms with Gasteiger partial charge in [0.15, 0.2) is 16.8 Å². The van der Waals surface area contributed by atoms with E-state index < -0.39 is 11.6 Å². The molecule has 4 aromatic heterocycles. The molecular weight excluding hydrogens is 899 g/mol. The summed E-state index contributed by atoms with van der Waals surface area (Å²) in [5, 5.41) is 12.0. The Morgan fingerprint density at radius 1 is 0.794 bits per heavy atom. The Labute approximate surface area is 396 Å². The quantitative estimate of drug-likeness (QED) is 0.0542. The van der Waals surface area contributed by atoms with Crippen molar-refractivity contribution >= 4 is 68.4 Å². The number of para-hydroxylation sites is 1. The van der Waals surface area contributed by atoms with Crippen LogP contribution in [0.15, 0.2) is 60.9 Å². The third-order valence-corrected chi connectivity index (χ3v) is 12.0. The third-order valence-electron chi connectivity index (χ3n) is 11.0. The van der Waals surface area contributed by atoms with E-state index in [4.69, 9.17) is 14.2 Å². The molecule has 0 bridgehead atoms. The number of ether oxygens (including phenoxy) is 3. The number of anilines is 5. The van der Waals surface area contributed by atoms with Gasteiger partial charge in [-0.15, -0.1) is 11.3 Å². The first-order valence-corrected chi connectivity index (χ1v) is 23.2. The Balaban J connectivity index is 0.722. The number of hydrogen-bond donors (Lipinski definition) is 4. The van der Waals surface area contributed by atoms with Crippen LogP contribution in [0.2, 0.25) is 0 Å². The van der Waals surface area contributed by atoms with Crippen LogP contribution in [0, 0.1) is 32.4 Å². The summed E-state index contributed by atoms with van der Waals surface area (Å²) in [5.74, 6) is -0.730. The molecule has 0 saturated carbocycles. The summed E-state index contributed by atoms with van der Waals surface area (Å²) in [6, 6.07) is 13.5. The molecule has 7 rings (SSSR count). The lowest BCUT2D eigenvalue weighted by molar-refractivity contribution is -0.122. The van der Waals surface area contributed by atoms with Gasteiger partial charge in [-0.25, -0.2) is 33.7 Å². The number of aromatic nitrogens is 6. The predicted octanol–water partition coefficient (Wildman–Crippen LogP) is 6.44. The highest BCUT2D eigenvalue weighted by molar-refractivity contribution is 7.15. The molecular formula is C47H56F2N12O6S. The Morgan fingerprint density at radius 2 is 1.53 bits per heavy atom. The van der Waals surface area contributed by atoms with Gasteiger partial charge in [0, 0.05) is 49.2 Å². The van der Waals surface area contributed by atoms with Gasteiger partial charge in [-0.3, -0.25) is 24.6 Å². The average Bonchev–Trinajstić information content (AvgIpc) is 3.83. The fraction of sp³-hybridized carbons (Fsp3) is 0.404. The molecule has 1 fully saturated rings. The number of benzene rings is 2. The van der Waals surface area contributed by atoms with Crippen LogP contribution < -0.4 is 26.2 Å². The van der Waals surface area contributed by atoms with Crippen molar-refractivity contribution in [3.63, 3.8) is 0 Å². The lowest BCUT2D eigenvalue weighted by atomic mass is 10.1. The smallest absolute Gasteiger partial charge is 0.259 e. The molecule has 3 amide bonds. The summed E-state index contributed by atoms with van der Waals surface area (Å²) >= 11 is 1.39. The number of imidazole rings is 1. The second-order valence-electron chi connectivity index (χ2n) is 16.3. The molecule has 360 valence electrons. The maximum atomic E-state index is 15.1. The van der Waals surface area contributed by atoms with Gasteiger partial charge in [-0.05, 0) is 71.0 Å². The van der Waals surface area contributed by atoms with Crippen molar-refractivity contribution in [3.8, 4) is 11.3 Å². The molecule has 0 aliphatic carbocycles. The van der Waals surface area contributed by atoms with Crippen LogP contribution in [-0.4, -0.2) is 131 Å². The van der Waals surface area contributed by atoms with E-state index in [1.807, 2.05) is 45.3 Å². The fourth-order valence-corrected chi connectivity index (χ4v) is 8.34. The third kappa shape index (κ3) is 13.1. The summed E-state index contributed by atoms with van der Waals surface area (Å²) in [6.45, 7) is 14.9. The van der Waals surface area contributed by atoms with Crippen LogP contribution in [-0.2, 0) is 23.8 Å². The Bertz CT molecular complexity index is 2670. The van der Waals surface area contributed by atoms with E-state index in [1.165, 1.54) is 17.4 Å². The second kappa shape index (κ2) is 23.5. The molecule has 5 heterocycles. The number of rotatable bonds is 22. The molecule has 6 aromatic rings. The molecule has 0 unspecified atom stereocenters. The van der Waals surface area contributed by atoms with Gasteiger partial charge in [0.25, 0.3) is 5.91 Å². The summed E-state index contributed by atoms with van der Waals surface area (Å²) in [5.41, 5.74) is 3.52. The SMILES string of the molecule is Cc1nc(NC(=O)c2ccccc2NC(=O)CCOCCOCCOCCNC(=O)CN2CCN(c3ccc(Nc4ncc(F)c(-c5cc(F)c6nc(C)n(C(C)C)c6c5)n4)nc3)CC2)sc1C. The van der Waals surface area contributed by atoms with Crippen LogP contribution in [0.1, 0.15) is 53.1 Å². The number of aryl methyl sites for hydroxylation is 3. The fourth-order valence-electron chi connectivity index (χ4n) is 7.53. The largest absolute Gasteiger partial charge is 0.379 e. The number of pyridine rings is 1. The highest BCUT2D eigenvalue weighted by atomic mass is 32.1. The maximum absolute atomic E-state index is 15.1. The Hall–Kier alpha value is -6.52. The van der Waals surface area contributed by atoms with E-state index in [0.717, 1.165) is 22.5 Å². The van der Waals surface area contributed by atoms with E-state index in [-0.39, 0.29) is 66.1 Å². The van der Waals surface area contributed by atoms with Gasteiger partial charge in [-0.2, -0.15) is 0 Å². The number of carbonyl (C=O) groups excluding carboxylic acids is 3. The maximum Gasteiger partial charge on any atom is 0.259 e. The van der Waals surface area contributed by atoms with Crippen molar-refractivity contribution in [1.82, 2.24) is 39.7 Å². The van der Waals surface area contributed by atoms with Gasteiger partial charge in [0.2, 0.25) is 17.8 Å². The van der Waals surface area contributed by atoms with Gasteiger partial charge in [0.1, 0.15) is 22.9 Å². The summed E-state index contributed by atoms with van der Waals surface area (Å²) in [4.78, 5) is 65.0. The average molecular weight is 955 g/mol. The summed E-state index contributed by atoms with van der Waals surface area (Å²) < 4.78 is 48.7. The first-order chi connectivity index (χ1) is 32.8. The van der Waals surface area contributed by atoms with E-state index >= 15 is 8.78 Å². The number of hydrogen-bond acceptors (Lipinski definition) is 15. The molecule has 0 radical (unpaired) electrons. The van der Waals surface area contributed by atoms with E-state index in [0.29, 0.717) is 99.3 Å².